The van der Waals surface area contributed by atoms with Gasteiger partial charge in [-0.25, -0.2) is 0 Å². The van der Waals surface area contributed by atoms with Gasteiger partial charge in [0.25, 0.3) is 0 Å². The highest BCUT2D eigenvalue weighted by molar-refractivity contribution is 5.54. The Hall–Kier alpha value is -1.45. The van der Waals surface area contributed by atoms with Crippen LogP contribution < -0.4 is 15.4 Å². The van der Waals surface area contributed by atoms with Crippen LogP contribution in [0.4, 0.5) is 11.5 Å². The Bertz CT molecular complexity index is 433. The predicted octanol–water partition coefficient (Wildman–Crippen LogP) is 2.93. The largest absolute Gasteiger partial charge is 0.473 e. The number of rotatable bonds is 3. The minimum Gasteiger partial charge on any atom is -0.473 e. The lowest BCUT2D eigenvalue weighted by molar-refractivity contribution is 0.234. The van der Waals surface area contributed by atoms with E-state index >= 15 is 0 Å². The molecule has 19 heavy (non-hydrogen) atoms. The Labute approximate surface area is 116 Å². The molecule has 2 rings (SSSR count). The van der Waals surface area contributed by atoms with Crippen LogP contribution in [0.2, 0.25) is 0 Å². The van der Waals surface area contributed by atoms with Crippen LogP contribution >= 0.6 is 0 Å². The molecule has 0 radical (unpaired) electrons. The molecule has 1 fully saturated rings. The summed E-state index contributed by atoms with van der Waals surface area (Å²) in [6.45, 7) is 10.7. The fourth-order valence-corrected chi connectivity index (χ4v) is 2.41. The summed E-state index contributed by atoms with van der Waals surface area (Å²) in [7, 11) is 0. The highest BCUT2D eigenvalue weighted by Gasteiger charge is 2.24. The van der Waals surface area contributed by atoms with Crippen molar-refractivity contribution in [3.05, 3.63) is 12.1 Å². The fourth-order valence-electron chi connectivity index (χ4n) is 2.41. The average molecular weight is 263 g/mol. The second-order valence-corrected chi connectivity index (χ2v) is 5.92. The van der Waals surface area contributed by atoms with Crippen LogP contribution in [0, 0.1) is 11.8 Å². The highest BCUT2D eigenvalue weighted by Crippen LogP contribution is 2.29. The zero-order valence-electron chi connectivity index (χ0n) is 12.4. The first-order valence-corrected chi connectivity index (χ1v) is 7.15. The van der Waals surface area contributed by atoms with Crippen molar-refractivity contribution >= 4 is 11.5 Å². The first-order valence-electron chi connectivity index (χ1n) is 7.15. The van der Waals surface area contributed by atoms with Crippen molar-refractivity contribution in [2.75, 3.05) is 23.7 Å². The smallest absolute Gasteiger partial charge is 0.239 e. The quantitative estimate of drug-likeness (QED) is 0.911. The van der Waals surface area contributed by atoms with Gasteiger partial charge in [-0.2, -0.15) is 4.98 Å². The lowest BCUT2D eigenvalue weighted by Gasteiger charge is -2.36. The van der Waals surface area contributed by atoms with Crippen molar-refractivity contribution in [3.63, 3.8) is 0 Å². The Morgan fingerprint density at radius 2 is 2.05 bits per heavy atom. The number of nitrogens with zero attached hydrogens (tertiary/aromatic N) is 2. The SMILES string of the molecule is CC(C)Oc1nc(N2CCC(C)C(C)C2)ccc1N. The maximum Gasteiger partial charge on any atom is 0.239 e. The Kier molecular flexibility index (Phi) is 4.17. The number of piperidine rings is 1. The predicted molar refractivity (Wildman–Crippen MR) is 79.6 cm³/mol. The van der Waals surface area contributed by atoms with Crippen LogP contribution in [-0.2, 0) is 0 Å². The van der Waals surface area contributed by atoms with E-state index in [0.29, 0.717) is 17.5 Å². The van der Waals surface area contributed by atoms with Crippen molar-refractivity contribution < 1.29 is 4.74 Å². The number of nitrogens with two attached hydrogens (primary N) is 1. The van der Waals surface area contributed by atoms with Gasteiger partial charge in [-0.05, 0) is 44.2 Å². The van der Waals surface area contributed by atoms with Crippen molar-refractivity contribution in [3.8, 4) is 5.88 Å². The van der Waals surface area contributed by atoms with E-state index in [1.807, 2.05) is 26.0 Å². The molecule has 1 aliphatic rings. The Morgan fingerprint density at radius 3 is 2.68 bits per heavy atom. The molecule has 2 heterocycles. The maximum atomic E-state index is 5.91. The molecule has 4 nitrogen and oxygen atoms in total. The molecular formula is C15H25N3O. The summed E-state index contributed by atoms with van der Waals surface area (Å²) in [5, 5.41) is 0. The summed E-state index contributed by atoms with van der Waals surface area (Å²) in [6, 6.07) is 3.88. The Balaban J connectivity index is 2.16. The van der Waals surface area contributed by atoms with Gasteiger partial charge in [0.1, 0.15) is 5.82 Å². The van der Waals surface area contributed by atoms with E-state index in [2.05, 4.69) is 23.7 Å². The van der Waals surface area contributed by atoms with Gasteiger partial charge < -0.3 is 15.4 Å². The number of hydrogen-bond acceptors (Lipinski definition) is 4. The summed E-state index contributed by atoms with van der Waals surface area (Å²) >= 11 is 0. The zero-order valence-corrected chi connectivity index (χ0v) is 12.4. The summed E-state index contributed by atoms with van der Waals surface area (Å²) in [5.41, 5.74) is 6.52. The normalized spacial score (nSPS) is 23.7. The van der Waals surface area contributed by atoms with Crippen LogP contribution in [0.15, 0.2) is 12.1 Å². The van der Waals surface area contributed by atoms with Crippen molar-refractivity contribution in [2.24, 2.45) is 11.8 Å². The third kappa shape index (κ3) is 3.31. The van der Waals surface area contributed by atoms with E-state index in [1.54, 1.807) is 0 Å². The van der Waals surface area contributed by atoms with Crippen molar-refractivity contribution in [2.45, 2.75) is 40.2 Å². The van der Waals surface area contributed by atoms with Gasteiger partial charge in [-0.1, -0.05) is 13.8 Å². The standard InChI is InChI=1S/C15H25N3O/c1-10(2)19-15-13(16)5-6-14(17-15)18-8-7-11(3)12(4)9-18/h5-6,10-12H,7-9,16H2,1-4H3. The van der Waals surface area contributed by atoms with E-state index in [0.717, 1.165) is 24.8 Å². The van der Waals surface area contributed by atoms with Gasteiger partial charge in [-0.3, -0.25) is 0 Å². The van der Waals surface area contributed by atoms with Crippen LogP contribution in [0.1, 0.15) is 34.1 Å². The first kappa shape index (κ1) is 14.0. The molecule has 4 heteroatoms. The zero-order chi connectivity index (χ0) is 14.0. The topological polar surface area (TPSA) is 51.4 Å². The third-order valence-electron chi connectivity index (χ3n) is 3.88. The van der Waals surface area contributed by atoms with E-state index in [9.17, 15) is 0 Å². The molecule has 106 valence electrons. The van der Waals surface area contributed by atoms with E-state index in [4.69, 9.17) is 10.5 Å². The molecule has 1 saturated heterocycles. The van der Waals surface area contributed by atoms with Crippen LogP contribution in [0.25, 0.3) is 0 Å². The van der Waals surface area contributed by atoms with E-state index < -0.39 is 0 Å². The fraction of sp³-hybridized carbons (Fsp3) is 0.667. The van der Waals surface area contributed by atoms with Gasteiger partial charge >= 0.3 is 0 Å². The minimum absolute atomic E-state index is 0.0883. The summed E-state index contributed by atoms with van der Waals surface area (Å²) < 4.78 is 5.66. The molecule has 0 spiro atoms. The molecule has 2 unspecified atom stereocenters. The highest BCUT2D eigenvalue weighted by atomic mass is 16.5. The molecule has 0 aromatic carbocycles. The minimum atomic E-state index is 0.0883. The van der Waals surface area contributed by atoms with Gasteiger partial charge in [0.2, 0.25) is 5.88 Å². The second kappa shape index (κ2) is 5.68. The number of anilines is 2. The summed E-state index contributed by atoms with van der Waals surface area (Å²) in [6.07, 6.45) is 1.30. The molecule has 0 aliphatic carbocycles. The average Bonchev–Trinajstić information content (AvgIpc) is 2.35. The van der Waals surface area contributed by atoms with Crippen molar-refractivity contribution in [1.82, 2.24) is 4.98 Å². The molecule has 2 N–H and O–H groups in total. The maximum absolute atomic E-state index is 5.91. The molecule has 0 amide bonds. The number of aromatic nitrogens is 1. The lowest BCUT2D eigenvalue weighted by Crippen LogP contribution is -2.38. The summed E-state index contributed by atoms with van der Waals surface area (Å²) in [5.74, 6) is 3.02. The van der Waals surface area contributed by atoms with Crippen molar-refractivity contribution in [1.29, 1.82) is 0 Å². The monoisotopic (exact) mass is 263 g/mol. The van der Waals surface area contributed by atoms with Crippen LogP contribution in [-0.4, -0.2) is 24.2 Å². The molecule has 1 aromatic rings. The van der Waals surface area contributed by atoms with Gasteiger partial charge in [-0.15, -0.1) is 0 Å². The van der Waals surface area contributed by atoms with Gasteiger partial charge in [0.15, 0.2) is 0 Å². The third-order valence-corrected chi connectivity index (χ3v) is 3.88. The number of nitrogen functional groups attached to an aromatic ring is 1. The number of pyridine rings is 1. The number of ether oxygens (including phenoxy) is 1. The second-order valence-electron chi connectivity index (χ2n) is 5.92. The van der Waals surface area contributed by atoms with Gasteiger partial charge in [0, 0.05) is 13.1 Å². The Morgan fingerprint density at radius 1 is 1.32 bits per heavy atom. The van der Waals surface area contributed by atoms with E-state index in [-0.39, 0.29) is 6.10 Å². The molecule has 1 aromatic heterocycles. The van der Waals surface area contributed by atoms with E-state index in [1.165, 1.54) is 6.42 Å². The molecule has 0 bridgehead atoms. The molecule has 2 atom stereocenters. The van der Waals surface area contributed by atoms with Gasteiger partial charge in [0.05, 0.1) is 11.8 Å². The molecular weight excluding hydrogens is 238 g/mol. The lowest BCUT2D eigenvalue weighted by atomic mass is 9.89. The summed E-state index contributed by atoms with van der Waals surface area (Å²) in [4.78, 5) is 6.90. The number of hydrogen-bond donors (Lipinski definition) is 1. The van der Waals surface area contributed by atoms with Crippen LogP contribution in [0.3, 0.4) is 0 Å². The van der Waals surface area contributed by atoms with Crippen LogP contribution in [0.5, 0.6) is 5.88 Å². The molecule has 1 aliphatic heterocycles. The first-order chi connectivity index (χ1) is 8.97. The molecule has 0 saturated carbocycles.